The molecule has 0 radical (unpaired) electrons. The molecule has 3 nitrogen and oxygen atoms in total. The lowest BCUT2D eigenvalue weighted by molar-refractivity contribution is 0.172. The van der Waals surface area contributed by atoms with Crippen molar-refractivity contribution in [3.8, 4) is 0 Å². The Kier molecular flexibility index (Phi) is 6.42. The molecular formula is C15H26FN3. The van der Waals surface area contributed by atoms with Gasteiger partial charge in [0.1, 0.15) is 5.82 Å². The highest BCUT2D eigenvalue weighted by molar-refractivity contribution is 5.24. The molecule has 0 amide bonds. The van der Waals surface area contributed by atoms with E-state index < -0.39 is 0 Å². The maximum absolute atomic E-state index is 14.0. The summed E-state index contributed by atoms with van der Waals surface area (Å²) in [5, 5.41) is 0. The van der Waals surface area contributed by atoms with Crippen LogP contribution in [0.2, 0.25) is 0 Å². The maximum atomic E-state index is 14.0. The second-order valence-electron chi connectivity index (χ2n) is 5.30. The largest absolute Gasteiger partial charge is 0.326 e. The molecule has 0 saturated heterocycles. The fourth-order valence-corrected chi connectivity index (χ4v) is 2.29. The third kappa shape index (κ3) is 4.90. The van der Waals surface area contributed by atoms with Gasteiger partial charge in [-0.3, -0.25) is 4.90 Å². The minimum atomic E-state index is -0.154. The highest BCUT2D eigenvalue weighted by Gasteiger charge is 2.15. The van der Waals surface area contributed by atoms with Gasteiger partial charge in [-0.1, -0.05) is 19.1 Å². The maximum Gasteiger partial charge on any atom is 0.128 e. The summed E-state index contributed by atoms with van der Waals surface area (Å²) in [7, 11) is 4.11. The molecular weight excluding hydrogens is 241 g/mol. The zero-order valence-corrected chi connectivity index (χ0v) is 12.5. The predicted octanol–water partition coefficient (Wildman–Crippen LogP) is 2.06. The Morgan fingerprint density at radius 1 is 1.32 bits per heavy atom. The zero-order valence-electron chi connectivity index (χ0n) is 12.5. The second kappa shape index (κ2) is 7.58. The van der Waals surface area contributed by atoms with Crippen molar-refractivity contribution in [2.75, 3.05) is 27.2 Å². The molecule has 1 aromatic rings. The van der Waals surface area contributed by atoms with E-state index >= 15 is 0 Å². The molecule has 4 heteroatoms. The number of likely N-dealkylation sites (N-methyl/N-ethyl adjacent to an activating group) is 2. The fraction of sp³-hybridized carbons (Fsp3) is 0.600. The van der Waals surface area contributed by atoms with Crippen molar-refractivity contribution >= 4 is 0 Å². The standard InChI is InChI=1S/C15H26FN3/c1-5-19(12(2)10-18(3)4)11-14-7-6-13(9-17)8-15(14)16/h6-8,12H,5,9-11,17H2,1-4H3. The van der Waals surface area contributed by atoms with Crippen LogP contribution in [-0.4, -0.2) is 43.0 Å². The average molecular weight is 267 g/mol. The normalized spacial score (nSPS) is 13.3. The van der Waals surface area contributed by atoms with E-state index in [4.69, 9.17) is 5.73 Å². The number of hydrogen-bond donors (Lipinski definition) is 1. The van der Waals surface area contributed by atoms with Gasteiger partial charge in [0.2, 0.25) is 0 Å². The third-order valence-electron chi connectivity index (χ3n) is 3.39. The summed E-state index contributed by atoms with van der Waals surface area (Å²) >= 11 is 0. The minimum absolute atomic E-state index is 0.154. The van der Waals surface area contributed by atoms with Crippen LogP contribution in [0, 0.1) is 5.82 Å². The van der Waals surface area contributed by atoms with Crippen LogP contribution >= 0.6 is 0 Å². The Labute approximate surface area is 116 Å². The van der Waals surface area contributed by atoms with E-state index in [2.05, 4.69) is 37.7 Å². The first-order valence-corrected chi connectivity index (χ1v) is 6.84. The van der Waals surface area contributed by atoms with Gasteiger partial charge in [0.05, 0.1) is 0 Å². The fourth-order valence-electron chi connectivity index (χ4n) is 2.29. The number of halogens is 1. The highest BCUT2D eigenvalue weighted by atomic mass is 19.1. The van der Waals surface area contributed by atoms with Crippen LogP contribution in [0.4, 0.5) is 4.39 Å². The first kappa shape index (κ1) is 16.1. The Bertz CT molecular complexity index is 393. The summed E-state index contributed by atoms with van der Waals surface area (Å²) in [6.07, 6.45) is 0. The van der Waals surface area contributed by atoms with Gasteiger partial charge in [0, 0.05) is 31.2 Å². The molecule has 1 rings (SSSR count). The molecule has 108 valence electrons. The molecule has 1 unspecified atom stereocenters. The molecule has 0 aliphatic heterocycles. The summed E-state index contributed by atoms with van der Waals surface area (Å²) in [5.74, 6) is -0.154. The SMILES string of the molecule is CCN(Cc1ccc(CN)cc1F)C(C)CN(C)C. The highest BCUT2D eigenvalue weighted by Crippen LogP contribution is 2.14. The molecule has 0 heterocycles. The van der Waals surface area contributed by atoms with Gasteiger partial charge in [-0.15, -0.1) is 0 Å². The Balaban J connectivity index is 2.75. The van der Waals surface area contributed by atoms with Gasteiger partial charge in [-0.25, -0.2) is 4.39 Å². The van der Waals surface area contributed by atoms with Gasteiger partial charge < -0.3 is 10.6 Å². The summed E-state index contributed by atoms with van der Waals surface area (Å²) < 4.78 is 14.0. The summed E-state index contributed by atoms with van der Waals surface area (Å²) in [4.78, 5) is 4.43. The van der Waals surface area contributed by atoms with Gasteiger partial charge in [-0.2, -0.15) is 0 Å². The lowest BCUT2D eigenvalue weighted by atomic mass is 10.1. The van der Waals surface area contributed by atoms with Crippen molar-refractivity contribution in [3.63, 3.8) is 0 Å². The van der Waals surface area contributed by atoms with E-state index in [1.54, 1.807) is 6.07 Å². The lowest BCUT2D eigenvalue weighted by Crippen LogP contribution is -2.39. The van der Waals surface area contributed by atoms with Crippen LogP contribution in [0.25, 0.3) is 0 Å². The first-order chi connectivity index (χ1) is 8.97. The van der Waals surface area contributed by atoms with Crippen LogP contribution in [0.3, 0.4) is 0 Å². The summed E-state index contributed by atoms with van der Waals surface area (Å²) in [5.41, 5.74) is 7.10. The minimum Gasteiger partial charge on any atom is -0.326 e. The molecule has 0 aromatic heterocycles. The van der Waals surface area contributed by atoms with E-state index in [0.29, 0.717) is 19.1 Å². The van der Waals surface area contributed by atoms with E-state index in [9.17, 15) is 4.39 Å². The van der Waals surface area contributed by atoms with Crippen molar-refractivity contribution in [1.29, 1.82) is 0 Å². The summed E-state index contributed by atoms with van der Waals surface area (Å²) in [6.45, 7) is 7.19. The number of hydrogen-bond acceptors (Lipinski definition) is 3. The Morgan fingerprint density at radius 2 is 2.00 bits per heavy atom. The van der Waals surface area contributed by atoms with Crippen LogP contribution < -0.4 is 5.73 Å². The van der Waals surface area contributed by atoms with E-state index in [1.807, 2.05) is 12.1 Å². The summed E-state index contributed by atoms with van der Waals surface area (Å²) in [6, 6.07) is 5.69. The Morgan fingerprint density at radius 3 is 2.47 bits per heavy atom. The van der Waals surface area contributed by atoms with E-state index in [0.717, 1.165) is 24.2 Å². The van der Waals surface area contributed by atoms with Crippen LogP contribution in [-0.2, 0) is 13.1 Å². The van der Waals surface area contributed by atoms with Gasteiger partial charge in [0.15, 0.2) is 0 Å². The van der Waals surface area contributed by atoms with Gasteiger partial charge in [0.25, 0.3) is 0 Å². The molecule has 2 N–H and O–H groups in total. The molecule has 0 bridgehead atoms. The number of nitrogens with zero attached hydrogens (tertiary/aromatic N) is 2. The van der Waals surface area contributed by atoms with Gasteiger partial charge >= 0.3 is 0 Å². The average Bonchev–Trinajstić information content (AvgIpc) is 2.36. The second-order valence-corrected chi connectivity index (χ2v) is 5.30. The van der Waals surface area contributed by atoms with Gasteiger partial charge in [-0.05, 0) is 39.2 Å². The van der Waals surface area contributed by atoms with Crippen molar-refractivity contribution in [2.24, 2.45) is 5.73 Å². The molecule has 0 saturated carbocycles. The van der Waals surface area contributed by atoms with Crippen LogP contribution in [0.1, 0.15) is 25.0 Å². The van der Waals surface area contributed by atoms with E-state index in [1.165, 1.54) is 0 Å². The Hall–Kier alpha value is -0.970. The first-order valence-electron chi connectivity index (χ1n) is 6.84. The predicted molar refractivity (Wildman–Crippen MR) is 78.4 cm³/mol. The molecule has 0 fully saturated rings. The van der Waals surface area contributed by atoms with Crippen LogP contribution in [0.5, 0.6) is 0 Å². The number of rotatable bonds is 7. The third-order valence-corrected chi connectivity index (χ3v) is 3.39. The monoisotopic (exact) mass is 267 g/mol. The zero-order chi connectivity index (χ0) is 14.4. The van der Waals surface area contributed by atoms with Crippen molar-refractivity contribution in [2.45, 2.75) is 33.0 Å². The quantitative estimate of drug-likeness (QED) is 0.821. The lowest BCUT2D eigenvalue weighted by Gasteiger charge is -2.30. The molecule has 1 aromatic carbocycles. The molecule has 0 aliphatic rings. The molecule has 19 heavy (non-hydrogen) atoms. The topological polar surface area (TPSA) is 32.5 Å². The van der Waals surface area contributed by atoms with Crippen molar-refractivity contribution in [3.05, 3.63) is 35.1 Å². The smallest absolute Gasteiger partial charge is 0.128 e. The van der Waals surface area contributed by atoms with Crippen molar-refractivity contribution < 1.29 is 4.39 Å². The van der Waals surface area contributed by atoms with Crippen LogP contribution in [0.15, 0.2) is 18.2 Å². The van der Waals surface area contributed by atoms with E-state index in [-0.39, 0.29) is 5.82 Å². The molecule has 0 spiro atoms. The van der Waals surface area contributed by atoms with Crippen molar-refractivity contribution in [1.82, 2.24) is 9.80 Å². The number of nitrogens with two attached hydrogens (primary N) is 1. The molecule has 1 atom stereocenters. The molecule has 0 aliphatic carbocycles. The number of benzene rings is 1.